The van der Waals surface area contributed by atoms with E-state index in [9.17, 15) is 0 Å². The van der Waals surface area contributed by atoms with E-state index < -0.39 is 0 Å². The van der Waals surface area contributed by atoms with Gasteiger partial charge in [-0.15, -0.1) is 0 Å². The van der Waals surface area contributed by atoms with Crippen LogP contribution in [0.3, 0.4) is 0 Å². The van der Waals surface area contributed by atoms with Crippen molar-refractivity contribution in [3.8, 4) is 5.88 Å². The van der Waals surface area contributed by atoms with Crippen molar-refractivity contribution in [2.24, 2.45) is 5.92 Å². The van der Waals surface area contributed by atoms with Crippen LogP contribution in [-0.2, 0) is 0 Å². The molecule has 0 amide bonds. The lowest BCUT2D eigenvalue weighted by molar-refractivity contribution is 0.279. The van der Waals surface area contributed by atoms with E-state index in [0.717, 1.165) is 12.1 Å². The number of rotatable bonds is 4. The zero-order valence-corrected chi connectivity index (χ0v) is 8.95. The maximum absolute atomic E-state index is 5.49. The summed E-state index contributed by atoms with van der Waals surface area (Å²) in [5.74, 6) is 1.47. The molecule has 1 aromatic rings. The van der Waals surface area contributed by atoms with Crippen molar-refractivity contribution < 1.29 is 4.74 Å². The Morgan fingerprint density at radius 3 is 2.71 bits per heavy atom. The molecule has 4 nitrogen and oxygen atoms in total. The van der Waals surface area contributed by atoms with Crippen LogP contribution in [0.5, 0.6) is 5.88 Å². The maximum atomic E-state index is 5.49. The third-order valence-electron chi connectivity index (χ3n) is 1.79. The van der Waals surface area contributed by atoms with Crippen LogP contribution in [0.1, 0.15) is 26.0 Å². The van der Waals surface area contributed by atoms with Crippen LogP contribution in [0.15, 0.2) is 6.07 Å². The minimum Gasteiger partial charge on any atom is -0.478 e. The van der Waals surface area contributed by atoms with Gasteiger partial charge >= 0.3 is 0 Å². The van der Waals surface area contributed by atoms with Crippen molar-refractivity contribution >= 4 is 5.95 Å². The molecule has 0 aromatic carbocycles. The average molecular weight is 195 g/mol. The number of anilines is 1. The Morgan fingerprint density at radius 2 is 2.14 bits per heavy atom. The standard InChI is InChI=1S/C10H17N3O/c1-7(2)4-5-14-9-6-8(3)12-10(11)13-9/h6-7H,4-5H2,1-3H3,(H2,11,12,13). The predicted molar refractivity (Wildman–Crippen MR) is 56.1 cm³/mol. The summed E-state index contributed by atoms with van der Waals surface area (Å²) in [7, 11) is 0. The van der Waals surface area contributed by atoms with Crippen LogP contribution in [0.4, 0.5) is 5.95 Å². The van der Waals surface area contributed by atoms with Gasteiger partial charge in [-0.3, -0.25) is 0 Å². The Balaban J connectivity index is 2.50. The van der Waals surface area contributed by atoms with E-state index in [1.165, 1.54) is 0 Å². The summed E-state index contributed by atoms with van der Waals surface area (Å²) < 4.78 is 5.45. The lowest BCUT2D eigenvalue weighted by Crippen LogP contribution is -2.05. The summed E-state index contributed by atoms with van der Waals surface area (Å²) in [6.45, 7) is 6.85. The normalized spacial score (nSPS) is 10.6. The van der Waals surface area contributed by atoms with E-state index in [2.05, 4.69) is 23.8 Å². The molecule has 2 N–H and O–H groups in total. The minimum absolute atomic E-state index is 0.268. The first-order valence-electron chi connectivity index (χ1n) is 4.82. The topological polar surface area (TPSA) is 61.0 Å². The molecule has 0 atom stereocenters. The molecule has 0 spiro atoms. The second-order valence-electron chi connectivity index (χ2n) is 3.74. The van der Waals surface area contributed by atoms with Gasteiger partial charge in [-0.1, -0.05) is 13.8 Å². The fourth-order valence-corrected chi connectivity index (χ4v) is 1.03. The molecule has 4 heteroatoms. The third kappa shape index (κ3) is 3.60. The third-order valence-corrected chi connectivity index (χ3v) is 1.79. The van der Waals surface area contributed by atoms with Crippen LogP contribution < -0.4 is 10.5 Å². The number of ether oxygens (including phenoxy) is 1. The molecule has 0 saturated heterocycles. The number of nitrogens with two attached hydrogens (primary N) is 1. The van der Waals surface area contributed by atoms with Crippen LogP contribution in [0.2, 0.25) is 0 Å². The van der Waals surface area contributed by atoms with E-state index in [1.807, 2.05) is 6.92 Å². The first-order valence-corrected chi connectivity index (χ1v) is 4.82. The number of nitrogen functional groups attached to an aromatic ring is 1. The Kier molecular flexibility index (Phi) is 3.68. The second kappa shape index (κ2) is 4.79. The fraction of sp³-hybridized carbons (Fsp3) is 0.600. The van der Waals surface area contributed by atoms with Gasteiger partial charge in [0, 0.05) is 11.8 Å². The Morgan fingerprint density at radius 1 is 1.43 bits per heavy atom. The Labute approximate surface area is 84.5 Å². The zero-order valence-electron chi connectivity index (χ0n) is 8.95. The summed E-state index contributed by atoms with van der Waals surface area (Å²) in [6.07, 6.45) is 1.02. The minimum atomic E-state index is 0.268. The largest absolute Gasteiger partial charge is 0.478 e. The maximum Gasteiger partial charge on any atom is 0.223 e. The van der Waals surface area contributed by atoms with Gasteiger partial charge in [-0.05, 0) is 19.3 Å². The monoisotopic (exact) mass is 195 g/mol. The highest BCUT2D eigenvalue weighted by Gasteiger charge is 2.00. The Hall–Kier alpha value is -1.32. The molecule has 14 heavy (non-hydrogen) atoms. The lowest BCUT2D eigenvalue weighted by atomic mass is 10.1. The molecule has 78 valence electrons. The summed E-state index contributed by atoms with van der Waals surface area (Å²) in [6, 6.07) is 1.79. The molecule has 0 aliphatic carbocycles. The lowest BCUT2D eigenvalue weighted by Gasteiger charge is -2.07. The van der Waals surface area contributed by atoms with Crippen molar-refractivity contribution in [1.29, 1.82) is 0 Å². The van der Waals surface area contributed by atoms with Crippen molar-refractivity contribution in [3.63, 3.8) is 0 Å². The number of hydrogen-bond acceptors (Lipinski definition) is 4. The van der Waals surface area contributed by atoms with E-state index in [0.29, 0.717) is 18.4 Å². The molecule has 1 heterocycles. The van der Waals surface area contributed by atoms with Crippen LogP contribution in [-0.4, -0.2) is 16.6 Å². The van der Waals surface area contributed by atoms with Crippen molar-refractivity contribution in [1.82, 2.24) is 9.97 Å². The van der Waals surface area contributed by atoms with E-state index >= 15 is 0 Å². The van der Waals surface area contributed by atoms with Gasteiger partial charge in [0.15, 0.2) is 0 Å². The van der Waals surface area contributed by atoms with E-state index in [-0.39, 0.29) is 5.95 Å². The van der Waals surface area contributed by atoms with E-state index in [1.54, 1.807) is 6.07 Å². The van der Waals surface area contributed by atoms with Crippen LogP contribution in [0, 0.1) is 12.8 Å². The SMILES string of the molecule is Cc1cc(OCCC(C)C)nc(N)n1. The fourth-order valence-electron chi connectivity index (χ4n) is 1.03. The number of aryl methyl sites for hydroxylation is 1. The average Bonchev–Trinajstić information content (AvgIpc) is 2.01. The molecule has 1 rings (SSSR count). The molecule has 0 bridgehead atoms. The first kappa shape index (κ1) is 10.8. The zero-order chi connectivity index (χ0) is 10.6. The first-order chi connectivity index (χ1) is 6.58. The highest BCUT2D eigenvalue weighted by atomic mass is 16.5. The molecular weight excluding hydrogens is 178 g/mol. The summed E-state index contributed by atoms with van der Waals surface area (Å²) >= 11 is 0. The van der Waals surface area contributed by atoms with Gasteiger partial charge in [-0.2, -0.15) is 4.98 Å². The highest BCUT2D eigenvalue weighted by Crippen LogP contribution is 2.10. The molecule has 0 unspecified atom stereocenters. The smallest absolute Gasteiger partial charge is 0.223 e. The summed E-state index contributed by atoms with van der Waals surface area (Å²) in [5.41, 5.74) is 6.32. The molecular formula is C10H17N3O. The highest BCUT2D eigenvalue weighted by molar-refractivity contribution is 5.25. The van der Waals surface area contributed by atoms with Gasteiger partial charge < -0.3 is 10.5 Å². The Bertz CT molecular complexity index is 279. The molecule has 0 fully saturated rings. The van der Waals surface area contributed by atoms with Gasteiger partial charge in [0.05, 0.1) is 6.61 Å². The van der Waals surface area contributed by atoms with Gasteiger partial charge in [-0.25, -0.2) is 4.98 Å². The number of nitrogens with zero attached hydrogens (tertiary/aromatic N) is 2. The predicted octanol–water partition coefficient (Wildman–Crippen LogP) is 1.79. The van der Waals surface area contributed by atoms with Gasteiger partial charge in [0.25, 0.3) is 0 Å². The molecule has 0 saturated carbocycles. The molecule has 0 radical (unpaired) electrons. The van der Waals surface area contributed by atoms with Gasteiger partial charge in [0.2, 0.25) is 11.8 Å². The number of aromatic nitrogens is 2. The second-order valence-corrected chi connectivity index (χ2v) is 3.74. The quantitative estimate of drug-likeness (QED) is 0.795. The molecule has 1 aromatic heterocycles. The summed E-state index contributed by atoms with van der Waals surface area (Å²) in [4.78, 5) is 7.94. The van der Waals surface area contributed by atoms with Crippen molar-refractivity contribution in [3.05, 3.63) is 11.8 Å². The summed E-state index contributed by atoms with van der Waals surface area (Å²) in [5, 5.41) is 0. The van der Waals surface area contributed by atoms with Gasteiger partial charge in [0.1, 0.15) is 0 Å². The number of hydrogen-bond donors (Lipinski definition) is 1. The van der Waals surface area contributed by atoms with Crippen molar-refractivity contribution in [2.45, 2.75) is 27.2 Å². The molecule has 0 aliphatic rings. The van der Waals surface area contributed by atoms with Crippen molar-refractivity contribution in [2.75, 3.05) is 12.3 Å². The van der Waals surface area contributed by atoms with Crippen LogP contribution in [0.25, 0.3) is 0 Å². The molecule has 0 aliphatic heterocycles. The van der Waals surface area contributed by atoms with E-state index in [4.69, 9.17) is 10.5 Å². The van der Waals surface area contributed by atoms with Crippen LogP contribution >= 0.6 is 0 Å².